The van der Waals surface area contributed by atoms with Gasteiger partial charge in [0, 0.05) is 28.9 Å². The Kier molecular flexibility index (Phi) is 4.06. The van der Waals surface area contributed by atoms with Crippen LogP contribution >= 0.6 is 0 Å². The minimum Gasteiger partial charge on any atom is -0.282 e. The zero-order chi connectivity index (χ0) is 17.3. The number of carbonyl (C=O) groups excluding carboxylic acids is 1. The van der Waals surface area contributed by atoms with E-state index < -0.39 is 15.9 Å². The molecule has 0 aliphatic heterocycles. The monoisotopic (exact) mass is 344 g/mol. The summed E-state index contributed by atoms with van der Waals surface area (Å²) in [5, 5.41) is 7.77. The molecule has 2 heterocycles. The van der Waals surface area contributed by atoms with Crippen molar-refractivity contribution in [3.8, 4) is 0 Å². The summed E-state index contributed by atoms with van der Waals surface area (Å²) >= 11 is 0. The van der Waals surface area contributed by atoms with Crippen molar-refractivity contribution in [1.82, 2.24) is 19.9 Å². The highest BCUT2D eigenvalue weighted by Gasteiger charge is 2.22. The van der Waals surface area contributed by atoms with Gasteiger partial charge in [-0.05, 0) is 24.1 Å². The molecule has 1 aromatic carbocycles. The number of hydrogen-bond donors (Lipinski definition) is 2. The number of sulfonamides is 1. The van der Waals surface area contributed by atoms with E-state index in [9.17, 15) is 13.2 Å². The molecule has 7 nitrogen and oxygen atoms in total. The maximum atomic E-state index is 12.6. The van der Waals surface area contributed by atoms with Crippen molar-refractivity contribution in [2.24, 2.45) is 0 Å². The third kappa shape index (κ3) is 3.00. The molecule has 3 rings (SSSR count). The maximum Gasteiger partial charge on any atom is 0.285 e. The summed E-state index contributed by atoms with van der Waals surface area (Å²) < 4.78 is 27.2. The van der Waals surface area contributed by atoms with Gasteiger partial charge in [-0.25, -0.2) is 13.1 Å². The summed E-state index contributed by atoms with van der Waals surface area (Å²) in [5.41, 5.74) is 0.790. The second-order valence-corrected chi connectivity index (χ2v) is 7.30. The molecule has 0 bridgehead atoms. The summed E-state index contributed by atoms with van der Waals surface area (Å²) in [7, 11) is -4.03. The first-order valence-corrected chi connectivity index (χ1v) is 8.82. The molecule has 2 aromatic heterocycles. The average molecular weight is 344 g/mol. The topological polar surface area (TPSA) is 105 Å². The van der Waals surface area contributed by atoms with Crippen molar-refractivity contribution in [1.29, 1.82) is 0 Å². The molecule has 0 saturated carbocycles. The van der Waals surface area contributed by atoms with Gasteiger partial charge in [-0.2, -0.15) is 5.10 Å². The predicted molar refractivity (Wildman–Crippen MR) is 89.1 cm³/mol. The first-order chi connectivity index (χ1) is 11.4. The van der Waals surface area contributed by atoms with Gasteiger partial charge in [-0.15, -0.1) is 0 Å². The van der Waals surface area contributed by atoms with E-state index in [4.69, 9.17) is 0 Å². The predicted octanol–water partition coefficient (Wildman–Crippen LogP) is 2.20. The molecule has 0 atom stereocenters. The average Bonchev–Trinajstić information content (AvgIpc) is 3.04. The Morgan fingerprint density at radius 3 is 2.75 bits per heavy atom. The van der Waals surface area contributed by atoms with Crippen LogP contribution in [0.25, 0.3) is 10.8 Å². The Bertz CT molecular complexity index is 1000. The summed E-state index contributed by atoms with van der Waals surface area (Å²) in [6.07, 6.45) is 3.07. The van der Waals surface area contributed by atoms with Gasteiger partial charge in [0.25, 0.3) is 15.9 Å². The van der Waals surface area contributed by atoms with Crippen LogP contribution in [-0.2, 0) is 10.0 Å². The highest BCUT2D eigenvalue weighted by molar-refractivity contribution is 7.90. The van der Waals surface area contributed by atoms with Crippen LogP contribution in [0.5, 0.6) is 0 Å². The summed E-state index contributed by atoms with van der Waals surface area (Å²) in [4.78, 5) is 16.2. The number of aromatic amines is 1. The molecular formula is C16H16N4O3S. The first-order valence-electron chi connectivity index (χ1n) is 7.33. The molecule has 1 amide bonds. The maximum absolute atomic E-state index is 12.6. The lowest BCUT2D eigenvalue weighted by molar-refractivity contribution is 0.0976. The van der Waals surface area contributed by atoms with Crippen LogP contribution in [0.3, 0.4) is 0 Å². The Morgan fingerprint density at radius 2 is 2.04 bits per heavy atom. The molecule has 0 unspecified atom stereocenters. The zero-order valence-electron chi connectivity index (χ0n) is 13.1. The number of carbonyl (C=O) groups is 1. The standard InChI is InChI=1S/C16H16N4O3S/c1-10(2)13-8-14(19-18-13)16(21)20-24(22,23)15-5-3-4-11-9-17-7-6-12(11)15/h3-10H,1-2H3,(H,18,19)(H,20,21). The summed E-state index contributed by atoms with van der Waals surface area (Å²) in [6.45, 7) is 3.88. The molecule has 0 spiro atoms. The van der Waals surface area contributed by atoms with Gasteiger partial charge in [-0.3, -0.25) is 14.9 Å². The van der Waals surface area contributed by atoms with Gasteiger partial charge in [0.05, 0.1) is 4.90 Å². The number of nitrogens with zero attached hydrogens (tertiary/aromatic N) is 2. The van der Waals surface area contributed by atoms with E-state index in [-0.39, 0.29) is 16.5 Å². The fraction of sp³-hybridized carbons (Fsp3) is 0.188. The van der Waals surface area contributed by atoms with Gasteiger partial charge in [0.15, 0.2) is 5.69 Å². The second-order valence-electron chi connectivity index (χ2n) is 5.65. The van der Waals surface area contributed by atoms with Crippen molar-refractivity contribution in [3.05, 3.63) is 54.1 Å². The molecule has 3 aromatic rings. The third-order valence-corrected chi connectivity index (χ3v) is 5.00. The molecule has 0 aliphatic rings. The number of aromatic nitrogens is 3. The summed E-state index contributed by atoms with van der Waals surface area (Å²) in [6, 6.07) is 7.95. The van der Waals surface area contributed by atoms with E-state index in [1.807, 2.05) is 13.8 Å². The molecule has 0 saturated heterocycles. The van der Waals surface area contributed by atoms with E-state index >= 15 is 0 Å². The third-order valence-electron chi connectivity index (χ3n) is 3.61. The molecule has 0 aliphatic carbocycles. The van der Waals surface area contributed by atoms with Gasteiger partial charge in [-0.1, -0.05) is 26.0 Å². The van der Waals surface area contributed by atoms with E-state index in [1.165, 1.54) is 12.3 Å². The van der Waals surface area contributed by atoms with Crippen molar-refractivity contribution in [3.63, 3.8) is 0 Å². The van der Waals surface area contributed by atoms with Crippen molar-refractivity contribution in [2.45, 2.75) is 24.7 Å². The lowest BCUT2D eigenvalue weighted by Crippen LogP contribution is -2.31. The minimum atomic E-state index is -4.03. The van der Waals surface area contributed by atoms with Gasteiger partial charge < -0.3 is 0 Å². The molecular weight excluding hydrogens is 328 g/mol. The lowest BCUT2D eigenvalue weighted by atomic mass is 10.1. The van der Waals surface area contributed by atoms with Crippen molar-refractivity contribution >= 4 is 26.7 Å². The fourth-order valence-corrected chi connectivity index (χ4v) is 3.50. The van der Waals surface area contributed by atoms with Crippen LogP contribution in [0.1, 0.15) is 35.9 Å². The highest BCUT2D eigenvalue weighted by atomic mass is 32.2. The quantitative estimate of drug-likeness (QED) is 0.755. The molecule has 8 heteroatoms. The molecule has 2 N–H and O–H groups in total. The molecule has 0 fully saturated rings. The largest absolute Gasteiger partial charge is 0.285 e. The number of amides is 1. The first kappa shape index (κ1) is 16.1. The normalized spacial score (nSPS) is 11.8. The van der Waals surface area contributed by atoms with Crippen LogP contribution in [-0.4, -0.2) is 29.5 Å². The van der Waals surface area contributed by atoms with Crippen LogP contribution in [0, 0.1) is 0 Å². The van der Waals surface area contributed by atoms with E-state index in [2.05, 4.69) is 19.9 Å². The Balaban J connectivity index is 1.94. The van der Waals surface area contributed by atoms with Crippen LogP contribution in [0.4, 0.5) is 0 Å². The minimum absolute atomic E-state index is 0.0235. The van der Waals surface area contributed by atoms with E-state index in [1.54, 1.807) is 30.5 Å². The molecule has 124 valence electrons. The van der Waals surface area contributed by atoms with E-state index in [0.717, 1.165) is 5.69 Å². The van der Waals surface area contributed by atoms with Gasteiger partial charge >= 0.3 is 0 Å². The summed E-state index contributed by atoms with van der Waals surface area (Å²) in [5.74, 6) is -0.620. The second kappa shape index (κ2) is 6.04. The van der Waals surface area contributed by atoms with Crippen molar-refractivity contribution in [2.75, 3.05) is 0 Å². The number of fused-ring (bicyclic) bond motifs is 1. The number of H-pyrrole nitrogens is 1. The lowest BCUT2D eigenvalue weighted by Gasteiger charge is -2.08. The number of pyridine rings is 1. The SMILES string of the molecule is CC(C)c1cc(C(=O)NS(=O)(=O)c2cccc3cnccc23)n[nH]1. The van der Waals surface area contributed by atoms with Gasteiger partial charge in [0.2, 0.25) is 0 Å². The Morgan fingerprint density at radius 1 is 1.25 bits per heavy atom. The Labute approximate surface area is 139 Å². The number of hydrogen-bond acceptors (Lipinski definition) is 5. The van der Waals surface area contributed by atoms with Crippen LogP contribution < -0.4 is 4.72 Å². The zero-order valence-corrected chi connectivity index (χ0v) is 14.0. The number of nitrogens with one attached hydrogen (secondary N) is 2. The van der Waals surface area contributed by atoms with Crippen molar-refractivity contribution < 1.29 is 13.2 Å². The van der Waals surface area contributed by atoms with Gasteiger partial charge in [0.1, 0.15) is 0 Å². The molecule has 24 heavy (non-hydrogen) atoms. The number of rotatable bonds is 4. The van der Waals surface area contributed by atoms with E-state index in [0.29, 0.717) is 10.8 Å². The van der Waals surface area contributed by atoms with Crippen LogP contribution in [0.2, 0.25) is 0 Å². The number of benzene rings is 1. The smallest absolute Gasteiger partial charge is 0.282 e. The highest BCUT2D eigenvalue weighted by Crippen LogP contribution is 2.22. The fourth-order valence-electron chi connectivity index (χ4n) is 2.31. The molecule has 0 radical (unpaired) electrons. The van der Waals surface area contributed by atoms with Crippen LogP contribution in [0.15, 0.2) is 47.6 Å². The Hall–Kier alpha value is -2.74.